The fourth-order valence-corrected chi connectivity index (χ4v) is 6.66. The van der Waals surface area contributed by atoms with Crippen LogP contribution in [0.4, 0.5) is 0 Å². The zero-order chi connectivity index (χ0) is 31.9. The van der Waals surface area contributed by atoms with Crippen LogP contribution in [0.5, 0.6) is 0 Å². The zero-order valence-electron chi connectivity index (χ0n) is 26.0. The van der Waals surface area contributed by atoms with Crippen LogP contribution < -0.4 is 0 Å². The van der Waals surface area contributed by atoms with Crippen LogP contribution in [0.1, 0.15) is 37.5 Å². The molecule has 1 saturated heterocycles. The fourth-order valence-electron chi connectivity index (χ4n) is 4.91. The summed E-state index contributed by atoms with van der Waals surface area (Å²) in [6, 6.07) is 29.2. The lowest BCUT2D eigenvalue weighted by Gasteiger charge is -2.42. The van der Waals surface area contributed by atoms with Gasteiger partial charge in [0.15, 0.2) is 0 Å². The molecule has 1 aliphatic rings. The lowest BCUT2D eigenvalue weighted by Crippen LogP contribution is -2.59. The average molecular weight is 640 g/mol. The van der Waals surface area contributed by atoms with Crippen LogP contribution in [0, 0.1) is 0 Å². The largest absolute Gasteiger partial charge is 0.374 e. The Bertz CT molecular complexity index is 1360. The summed E-state index contributed by atoms with van der Waals surface area (Å²) in [5, 5.41) is 4.19. The monoisotopic (exact) mass is 639 g/mol. The molecule has 0 saturated carbocycles. The maximum atomic E-state index is 13.8. The minimum Gasteiger partial charge on any atom is -0.374 e. The molecule has 1 aliphatic heterocycles. The van der Waals surface area contributed by atoms with Gasteiger partial charge in [0.2, 0.25) is 0 Å². The maximum absolute atomic E-state index is 13.8. The van der Waals surface area contributed by atoms with Crippen molar-refractivity contribution in [1.82, 2.24) is 0 Å². The molecule has 0 spiro atoms. The van der Waals surface area contributed by atoms with Crippen LogP contribution in [0.15, 0.2) is 96.2 Å². The van der Waals surface area contributed by atoms with Gasteiger partial charge in [0, 0.05) is 6.92 Å². The molecule has 0 radical (unpaired) electrons. The average Bonchev–Trinajstić information content (AvgIpc) is 3.04. The van der Waals surface area contributed by atoms with Crippen molar-refractivity contribution in [2.75, 3.05) is 26.0 Å². The van der Waals surface area contributed by atoms with E-state index >= 15 is 0 Å². The van der Waals surface area contributed by atoms with Crippen LogP contribution in [-0.4, -0.2) is 62.1 Å². The first-order chi connectivity index (χ1) is 21.9. The molecule has 1 heterocycles. The molecule has 242 valence electrons. The molecule has 45 heavy (non-hydrogen) atoms. The number of hydrogen-bond acceptors (Lipinski definition) is 10. The Kier molecular flexibility index (Phi) is 13.9. The van der Waals surface area contributed by atoms with Gasteiger partial charge in [0.05, 0.1) is 45.8 Å². The Morgan fingerprint density at radius 1 is 0.778 bits per heavy atom. The molecule has 1 fully saturated rings. The Balaban J connectivity index is 1.70. The number of hydrogen-bond donors (Lipinski definition) is 0. The summed E-state index contributed by atoms with van der Waals surface area (Å²) in [5.41, 5.74) is 3.07. The summed E-state index contributed by atoms with van der Waals surface area (Å²) in [7, 11) is -3.64. The number of benzene rings is 3. The van der Waals surface area contributed by atoms with Crippen molar-refractivity contribution in [1.29, 1.82) is 0 Å². The van der Waals surface area contributed by atoms with E-state index in [1.54, 1.807) is 13.8 Å². The number of rotatable bonds is 17. The van der Waals surface area contributed by atoms with Gasteiger partial charge in [-0.2, -0.15) is 0 Å². The van der Waals surface area contributed by atoms with Crippen LogP contribution in [-0.2, 0) is 62.0 Å². The van der Waals surface area contributed by atoms with Gasteiger partial charge >= 0.3 is 13.6 Å². The van der Waals surface area contributed by atoms with Crippen molar-refractivity contribution in [3.8, 4) is 0 Å². The second kappa shape index (κ2) is 18.1. The topological polar surface area (TPSA) is 111 Å². The van der Waals surface area contributed by atoms with Crippen molar-refractivity contribution < 1.29 is 42.2 Å². The van der Waals surface area contributed by atoms with Crippen molar-refractivity contribution >= 4 is 19.3 Å². The molecular formula is C34H42NO9P. The highest BCUT2D eigenvalue weighted by molar-refractivity contribution is 7.53. The third-order valence-corrected chi connectivity index (χ3v) is 8.98. The van der Waals surface area contributed by atoms with E-state index in [9.17, 15) is 9.36 Å². The molecule has 3 aromatic rings. The standard InChI is InChI=1S/C34H42NO9P/c1-4-41-45(37,42-5-2)25-31-32(35-44-26(3)36)34(40-23-29-19-13-8-14-20-29)33(39-22-28-17-11-7-12-18-28)30(43-31)24-38-21-27-15-9-6-10-16-27/h6-20,30-31,33-34H,4-5,21-25H2,1-3H3/b35-32-/t30-,31-,33-,34-/m1/s1. The lowest BCUT2D eigenvalue weighted by molar-refractivity contribution is -0.174. The van der Waals surface area contributed by atoms with E-state index in [2.05, 4.69) is 5.16 Å². The second-order valence-electron chi connectivity index (χ2n) is 10.4. The van der Waals surface area contributed by atoms with Crippen LogP contribution in [0.25, 0.3) is 0 Å². The van der Waals surface area contributed by atoms with E-state index in [-0.39, 0.29) is 44.9 Å². The van der Waals surface area contributed by atoms with Gasteiger partial charge in [-0.15, -0.1) is 0 Å². The first-order valence-corrected chi connectivity index (χ1v) is 16.8. The summed E-state index contributed by atoms with van der Waals surface area (Å²) in [6.07, 6.45) is -3.43. The predicted octanol–water partition coefficient (Wildman–Crippen LogP) is 6.33. The molecule has 3 aromatic carbocycles. The fraction of sp³-hybridized carbons (Fsp3) is 0.412. The van der Waals surface area contributed by atoms with Gasteiger partial charge < -0.3 is 32.8 Å². The van der Waals surface area contributed by atoms with Crippen LogP contribution >= 0.6 is 7.60 Å². The Morgan fingerprint density at radius 3 is 1.80 bits per heavy atom. The molecule has 0 aliphatic carbocycles. The van der Waals surface area contributed by atoms with Crippen molar-refractivity contribution in [3.63, 3.8) is 0 Å². The van der Waals surface area contributed by atoms with Gasteiger partial charge in [-0.3, -0.25) is 4.57 Å². The van der Waals surface area contributed by atoms with Gasteiger partial charge in [0.1, 0.15) is 30.1 Å². The molecule has 10 nitrogen and oxygen atoms in total. The molecule has 4 atom stereocenters. The highest BCUT2D eigenvalue weighted by Gasteiger charge is 2.48. The molecule has 4 rings (SSSR count). The maximum Gasteiger partial charge on any atom is 0.333 e. The van der Waals surface area contributed by atoms with Crippen molar-refractivity contribution in [3.05, 3.63) is 108 Å². The van der Waals surface area contributed by atoms with E-state index in [0.29, 0.717) is 6.61 Å². The van der Waals surface area contributed by atoms with Crippen molar-refractivity contribution in [2.45, 2.75) is 65.0 Å². The van der Waals surface area contributed by atoms with E-state index in [1.807, 2.05) is 91.0 Å². The van der Waals surface area contributed by atoms with E-state index in [1.165, 1.54) is 6.92 Å². The zero-order valence-corrected chi connectivity index (χ0v) is 26.9. The van der Waals surface area contributed by atoms with Gasteiger partial charge in [-0.25, -0.2) is 4.79 Å². The molecule has 11 heteroatoms. The number of ether oxygens (including phenoxy) is 4. The van der Waals surface area contributed by atoms with Crippen molar-refractivity contribution in [2.24, 2.45) is 5.16 Å². The summed E-state index contributed by atoms with van der Waals surface area (Å²) >= 11 is 0. The number of oxime groups is 1. The molecule has 0 aromatic heterocycles. The van der Waals surface area contributed by atoms with Gasteiger partial charge in [0.25, 0.3) is 0 Å². The molecular weight excluding hydrogens is 597 g/mol. The minimum absolute atomic E-state index is 0.129. The number of nitrogens with zero attached hydrogens (tertiary/aromatic N) is 1. The summed E-state index contributed by atoms with van der Waals surface area (Å²) in [6.45, 7) is 5.98. The second-order valence-corrected chi connectivity index (χ2v) is 12.5. The van der Waals surface area contributed by atoms with E-state index in [4.69, 9.17) is 32.8 Å². The Hall–Kier alpha value is -3.21. The molecule has 0 amide bonds. The first-order valence-electron chi connectivity index (χ1n) is 15.1. The minimum atomic E-state index is -3.64. The lowest BCUT2D eigenvalue weighted by atomic mass is 9.95. The van der Waals surface area contributed by atoms with Crippen LogP contribution in [0.3, 0.4) is 0 Å². The van der Waals surface area contributed by atoms with Gasteiger partial charge in [-0.1, -0.05) is 96.2 Å². The number of carbonyl (C=O) groups excluding carboxylic acids is 1. The quantitative estimate of drug-likeness (QED) is 0.0951. The molecule has 0 N–H and O–H groups in total. The Labute approximate surface area is 265 Å². The predicted molar refractivity (Wildman–Crippen MR) is 170 cm³/mol. The third kappa shape index (κ3) is 11.0. The number of carbonyl (C=O) groups is 1. The summed E-state index contributed by atoms with van der Waals surface area (Å²) < 4.78 is 50.7. The summed E-state index contributed by atoms with van der Waals surface area (Å²) in [5.74, 6) is -0.629. The van der Waals surface area contributed by atoms with E-state index in [0.717, 1.165) is 16.7 Å². The molecule has 0 bridgehead atoms. The molecule has 0 unspecified atom stereocenters. The highest BCUT2D eigenvalue weighted by atomic mass is 31.2. The Morgan fingerprint density at radius 2 is 1.29 bits per heavy atom. The normalized spacial score (nSPS) is 21.1. The van der Waals surface area contributed by atoms with E-state index < -0.39 is 38.0 Å². The third-order valence-electron chi connectivity index (χ3n) is 6.90. The van der Waals surface area contributed by atoms with Gasteiger partial charge in [-0.05, 0) is 30.5 Å². The summed E-state index contributed by atoms with van der Waals surface area (Å²) in [4.78, 5) is 17.1. The smallest absolute Gasteiger partial charge is 0.333 e. The first kappa shape index (κ1) is 34.7. The highest BCUT2D eigenvalue weighted by Crippen LogP contribution is 2.50. The SMILES string of the molecule is CCOP(=O)(C[C@H]1O[C@H](COCc2ccccc2)[C@@H](OCc2ccccc2)[C@H](OCc2ccccc2)/C1=N\OC(C)=O)OCC. The van der Waals surface area contributed by atoms with Crippen LogP contribution in [0.2, 0.25) is 0 Å².